The van der Waals surface area contributed by atoms with Gasteiger partial charge >= 0.3 is 30.0 Å². The van der Waals surface area contributed by atoms with Gasteiger partial charge in [0, 0.05) is 20.8 Å². The number of alkyl carbamates (subject to hydrolysis) is 1. The molecule has 1 aliphatic rings. The van der Waals surface area contributed by atoms with Crippen LogP contribution in [0.5, 0.6) is 0 Å². The first kappa shape index (κ1) is 28.7. The summed E-state index contributed by atoms with van der Waals surface area (Å²) in [5.41, 5.74) is 5.34. The molecule has 0 unspecified atom stereocenters. The second kappa shape index (κ2) is 12.2. The molecule has 5 atom stereocenters. The number of hydrogen-bond donors (Lipinski definition) is 2. The Morgan fingerprint density at radius 3 is 2.12 bits per heavy atom. The Balaban J connectivity index is 3.47. The van der Waals surface area contributed by atoms with Crippen molar-refractivity contribution in [3.63, 3.8) is 0 Å². The molecule has 0 aliphatic carbocycles. The third kappa shape index (κ3) is 9.25. The van der Waals surface area contributed by atoms with Crippen LogP contribution in [0, 0.1) is 0 Å². The molecule has 0 aromatic carbocycles. The van der Waals surface area contributed by atoms with Crippen molar-refractivity contribution >= 4 is 30.0 Å². The van der Waals surface area contributed by atoms with Gasteiger partial charge in [0.05, 0.1) is 19.2 Å². The minimum atomic E-state index is -1.47. The Hall–Kier alpha value is -3.35. The van der Waals surface area contributed by atoms with Gasteiger partial charge in [-0.25, -0.2) is 9.59 Å². The lowest BCUT2D eigenvalue weighted by molar-refractivity contribution is -0.187. The summed E-state index contributed by atoms with van der Waals surface area (Å²) >= 11 is 0. The van der Waals surface area contributed by atoms with Gasteiger partial charge in [-0.15, -0.1) is 0 Å². The normalized spacial score (nSPS) is 21.5. The molecule has 1 heterocycles. The highest BCUT2D eigenvalue weighted by Gasteiger charge is 2.47. The molecule has 0 spiro atoms. The summed E-state index contributed by atoms with van der Waals surface area (Å²) in [5.74, 6) is -3.50. The van der Waals surface area contributed by atoms with Crippen LogP contribution >= 0.6 is 0 Å². The number of nitrogens with two attached hydrogens (primary N) is 1. The standard InChI is InChI=1S/C21H32N2O11/c1-10(24)30-9-15(31-11(2)25)17(32-12(3)26)18-16(23-20(28)34-21(4,5)6)13(22)8-14(33-18)19(27)29-7/h8,13,15-18H,9,22H2,1-7H3,(H,23,28)/t13-,15+,16+,17+,18+/m0/s1. The van der Waals surface area contributed by atoms with Crippen molar-refractivity contribution in [3.8, 4) is 0 Å². The van der Waals surface area contributed by atoms with Crippen LogP contribution in [-0.4, -0.2) is 79.7 Å². The molecule has 0 aromatic heterocycles. The molecule has 1 aliphatic heterocycles. The molecule has 192 valence electrons. The van der Waals surface area contributed by atoms with E-state index in [1.807, 2.05) is 0 Å². The highest BCUT2D eigenvalue weighted by Crippen LogP contribution is 2.26. The SMILES string of the molecule is COC(=O)C1=C[C@H](N)[C@@H](NC(=O)OC(C)(C)C)[C@H]([C@H](OC(C)=O)[C@@H](COC(C)=O)OC(C)=O)O1. The third-order valence-corrected chi connectivity index (χ3v) is 4.21. The van der Waals surface area contributed by atoms with Gasteiger partial charge in [-0.05, 0) is 26.8 Å². The quantitative estimate of drug-likeness (QED) is 0.348. The predicted molar refractivity (Wildman–Crippen MR) is 114 cm³/mol. The zero-order chi connectivity index (χ0) is 26.2. The monoisotopic (exact) mass is 488 g/mol. The summed E-state index contributed by atoms with van der Waals surface area (Å²) in [6.07, 6.45) is -3.89. The molecule has 0 radical (unpaired) electrons. The second-order valence-electron chi connectivity index (χ2n) is 8.38. The average Bonchev–Trinajstić information content (AvgIpc) is 2.68. The van der Waals surface area contributed by atoms with Crippen molar-refractivity contribution in [2.45, 2.75) is 77.5 Å². The molecule has 34 heavy (non-hydrogen) atoms. The van der Waals surface area contributed by atoms with E-state index in [-0.39, 0.29) is 5.76 Å². The van der Waals surface area contributed by atoms with Gasteiger partial charge in [0.2, 0.25) is 5.76 Å². The fraction of sp³-hybridized carbons (Fsp3) is 0.667. The van der Waals surface area contributed by atoms with Gasteiger partial charge < -0.3 is 39.5 Å². The van der Waals surface area contributed by atoms with Crippen LogP contribution in [0.3, 0.4) is 0 Å². The summed E-state index contributed by atoms with van der Waals surface area (Å²) in [4.78, 5) is 59.6. The van der Waals surface area contributed by atoms with E-state index in [0.29, 0.717) is 0 Å². The molecule has 0 fully saturated rings. The van der Waals surface area contributed by atoms with Crippen molar-refractivity contribution in [1.82, 2.24) is 5.32 Å². The lowest BCUT2D eigenvalue weighted by atomic mass is 9.92. The number of carbonyl (C=O) groups excluding carboxylic acids is 5. The fourth-order valence-electron chi connectivity index (χ4n) is 3.02. The maximum Gasteiger partial charge on any atom is 0.408 e. The molecular formula is C21H32N2O11. The van der Waals surface area contributed by atoms with Crippen molar-refractivity contribution < 1.29 is 52.4 Å². The zero-order valence-electron chi connectivity index (χ0n) is 20.2. The van der Waals surface area contributed by atoms with E-state index in [0.717, 1.165) is 27.9 Å². The van der Waals surface area contributed by atoms with E-state index in [1.165, 1.54) is 6.08 Å². The fourth-order valence-corrected chi connectivity index (χ4v) is 3.02. The number of amides is 1. The van der Waals surface area contributed by atoms with Crippen molar-refractivity contribution in [1.29, 1.82) is 0 Å². The van der Waals surface area contributed by atoms with E-state index in [9.17, 15) is 24.0 Å². The molecule has 13 heteroatoms. The van der Waals surface area contributed by atoms with Gasteiger partial charge in [-0.3, -0.25) is 14.4 Å². The first-order valence-electron chi connectivity index (χ1n) is 10.3. The zero-order valence-corrected chi connectivity index (χ0v) is 20.2. The minimum Gasteiger partial charge on any atom is -0.477 e. The Morgan fingerprint density at radius 1 is 1.06 bits per heavy atom. The molecular weight excluding hydrogens is 456 g/mol. The van der Waals surface area contributed by atoms with Gasteiger partial charge in [0.25, 0.3) is 0 Å². The van der Waals surface area contributed by atoms with Crippen LogP contribution < -0.4 is 11.1 Å². The van der Waals surface area contributed by atoms with Crippen molar-refractivity contribution in [3.05, 3.63) is 11.8 Å². The molecule has 0 saturated heterocycles. The average molecular weight is 488 g/mol. The summed E-state index contributed by atoms with van der Waals surface area (Å²) < 4.78 is 31.2. The van der Waals surface area contributed by atoms with Crippen LogP contribution in [0.1, 0.15) is 41.5 Å². The van der Waals surface area contributed by atoms with Crippen molar-refractivity contribution in [2.24, 2.45) is 5.73 Å². The topological polar surface area (TPSA) is 179 Å². The first-order valence-corrected chi connectivity index (χ1v) is 10.3. The number of carbonyl (C=O) groups is 5. The number of methoxy groups -OCH3 is 1. The van der Waals surface area contributed by atoms with E-state index >= 15 is 0 Å². The van der Waals surface area contributed by atoms with E-state index in [1.54, 1.807) is 20.8 Å². The Bertz CT molecular complexity index is 818. The Labute approximate surface area is 197 Å². The molecule has 3 N–H and O–H groups in total. The lowest BCUT2D eigenvalue weighted by Crippen LogP contribution is -2.63. The smallest absolute Gasteiger partial charge is 0.408 e. The summed E-state index contributed by atoms with van der Waals surface area (Å²) in [5, 5.41) is 2.53. The highest BCUT2D eigenvalue weighted by atomic mass is 16.6. The van der Waals surface area contributed by atoms with E-state index in [4.69, 9.17) is 29.4 Å². The molecule has 0 bridgehead atoms. The molecule has 1 amide bonds. The number of nitrogens with one attached hydrogen (secondary N) is 1. The number of esters is 4. The Kier molecular flexibility index (Phi) is 10.3. The van der Waals surface area contributed by atoms with Crippen molar-refractivity contribution in [2.75, 3.05) is 13.7 Å². The van der Waals surface area contributed by atoms with Crippen LogP contribution in [0.4, 0.5) is 4.79 Å². The second-order valence-corrected chi connectivity index (χ2v) is 8.38. The molecule has 1 rings (SSSR count). The maximum atomic E-state index is 12.5. The number of hydrogen-bond acceptors (Lipinski definition) is 12. The summed E-state index contributed by atoms with van der Waals surface area (Å²) in [6, 6.07) is -2.19. The highest BCUT2D eigenvalue weighted by molar-refractivity contribution is 5.86. The Morgan fingerprint density at radius 2 is 1.65 bits per heavy atom. The first-order chi connectivity index (χ1) is 15.6. The largest absolute Gasteiger partial charge is 0.477 e. The number of ether oxygens (including phenoxy) is 6. The number of rotatable bonds is 8. The maximum absolute atomic E-state index is 12.5. The van der Waals surface area contributed by atoms with Gasteiger partial charge in [0.1, 0.15) is 12.2 Å². The summed E-state index contributed by atoms with van der Waals surface area (Å²) in [6.45, 7) is 7.73. The molecule has 13 nitrogen and oxygen atoms in total. The third-order valence-electron chi connectivity index (χ3n) is 4.21. The lowest BCUT2D eigenvalue weighted by Gasteiger charge is -2.41. The van der Waals surface area contributed by atoms with Crippen LogP contribution in [0.15, 0.2) is 11.8 Å². The van der Waals surface area contributed by atoms with Gasteiger partial charge in [-0.1, -0.05) is 0 Å². The van der Waals surface area contributed by atoms with Crippen LogP contribution in [0.2, 0.25) is 0 Å². The summed E-state index contributed by atoms with van der Waals surface area (Å²) in [7, 11) is 1.12. The minimum absolute atomic E-state index is 0.326. The molecule has 0 aromatic rings. The van der Waals surface area contributed by atoms with Crippen LogP contribution in [-0.2, 0) is 47.6 Å². The van der Waals surface area contributed by atoms with E-state index in [2.05, 4.69) is 10.1 Å². The van der Waals surface area contributed by atoms with Gasteiger partial charge in [0.15, 0.2) is 18.3 Å². The van der Waals surface area contributed by atoms with Crippen LogP contribution in [0.25, 0.3) is 0 Å². The van der Waals surface area contributed by atoms with Gasteiger partial charge in [-0.2, -0.15) is 0 Å². The van der Waals surface area contributed by atoms with E-state index < -0.39 is 72.6 Å². The molecule has 0 saturated carbocycles. The predicted octanol–water partition coefficient (Wildman–Crippen LogP) is 0.0892.